The molecule has 1 aromatic heterocycles. The molecule has 8 heteroatoms. The number of aryl methyl sites for hydroxylation is 1. The van der Waals surface area contributed by atoms with Crippen LogP contribution in [0.15, 0.2) is 53.5 Å². The minimum atomic E-state index is -0.463. The first kappa shape index (κ1) is 18.1. The van der Waals surface area contributed by atoms with E-state index in [4.69, 9.17) is 10.5 Å². The maximum atomic E-state index is 13.0. The molecule has 2 heterocycles. The Labute approximate surface area is 165 Å². The Balaban J connectivity index is 1.85. The number of thioether (sulfide) groups is 1. The molecule has 142 valence electrons. The van der Waals surface area contributed by atoms with Crippen LogP contribution in [0.4, 0.5) is 5.82 Å². The van der Waals surface area contributed by atoms with Crippen molar-refractivity contribution in [1.82, 2.24) is 9.78 Å². The average Bonchev–Trinajstić information content (AvgIpc) is 3.03. The van der Waals surface area contributed by atoms with Crippen LogP contribution in [0.3, 0.4) is 0 Å². The molecule has 0 saturated carbocycles. The molecular weight excluding hydrogens is 376 g/mol. The van der Waals surface area contributed by atoms with Crippen molar-refractivity contribution >= 4 is 28.7 Å². The van der Waals surface area contributed by atoms with Crippen molar-refractivity contribution in [2.75, 3.05) is 7.11 Å². The Morgan fingerprint density at radius 3 is 2.79 bits per heavy atom. The molecule has 0 saturated heterocycles. The lowest BCUT2D eigenvalue weighted by Gasteiger charge is -2.21. The second-order valence-corrected chi connectivity index (χ2v) is 7.41. The number of aliphatic imine (C=N–C) groups is 1. The quantitative estimate of drug-likeness (QED) is 0.706. The number of para-hydroxylation sites is 1. The highest BCUT2D eigenvalue weighted by atomic mass is 32.2. The Kier molecular flexibility index (Phi) is 4.56. The van der Waals surface area contributed by atoms with E-state index >= 15 is 0 Å². The van der Waals surface area contributed by atoms with Gasteiger partial charge in [0.2, 0.25) is 0 Å². The monoisotopic (exact) mass is 394 g/mol. The van der Waals surface area contributed by atoms with Crippen LogP contribution in [0.5, 0.6) is 11.5 Å². The molecule has 0 aliphatic carbocycles. The van der Waals surface area contributed by atoms with Gasteiger partial charge in [0.25, 0.3) is 5.91 Å². The van der Waals surface area contributed by atoms with Crippen LogP contribution in [0.1, 0.15) is 32.4 Å². The van der Waals surface area contributed by atoms with Gasteiger partial charge >= 0.3 is 0 Å². The van der Waals surface area contributed by atoms with Crippen LogP contribution >= 0.6 is 11.8 Å². The summed E-state index contributed by atoms with van der Waals surface area (Å²) in [7, 11) is 1.61. The van der Waals surface area contributed by atoms with Gasteiger partial charge in [0.05, 0.1) is 23.6 Å². The van der Waals surface area contributed by atoms with Crippen LogP contribution in [0.2, 0.25) is 0 Å². The zero-order chi connectivity index (χ0) is 19.8. The second kappa shape index (κ2) is 7.05. The maximum Gasteiger partial charge on any atom is 0.283 e. The van der Waals surface area contributed by atoms with E-state index in [1.54, 1.807) is 25.3 Å². The first-order chi connectivity index (χ1) is 13.5. The molecule has 0 unspecified atom stereocenters. The lowest BCUT2D eigenvalue weighted by molar-refractivity contribution is 0.0944. The van der Waals surface area contributed by atoms with Gasteiger partial charge in [-0.3, -0.25) is 4.79 Å². The molecule has 7 nitrogen and oxygen atoms in total. The Bertz CT molecular complexity index is 1110. The number of fused-ring (bicyclic) bond motifs is 1. The van der Waals surface area contributed by atoms with E-state index in [9.17, 15) is 9.90 Å². The minimum absolute atomic E-state index is 0.110. The van der Waals surface area contributed by atoms with E-state index in [1.807, 2.05) is 31.2 Å². The van der Waals surface area contributed by atoms with E-state index < -0.39 is 5.91 Å². The predicted octanol–water partition coefficient (Wildman–Crippen LogP) is 3.38. The molecule has 4 rings (SSSR count). The number of hydrogen-bond acceptors (Lipinski definition) is 7. The molecule has 0 bridgehead atoms. The standard InChI is InChI=1S/C20H18N4O3S/c1-11-16-17(12-6-5-7-13(10-12)27-2)28-20(21)22-18(16)24(23-11)19(26)14-8-3-4-9-15(14)25/h3-10,17,25H,1-2H3,(H2,21,22)/t17-/m1/s1. The summed E-state index contributed by atoms with van der Waals surface area (Å²) in [5, 5.41) is 14.6. The first-order valence-corrected chi connectivity index (χ1v) is 9.44. The molecule has 0 amide bonds. The van der Waals surface area contributed by atoms with E-state index in [0.29, 0.717) is 16.7 Å². The molecule has 1 aliphatic heterocycles. The summed E-state index contributed by atoms with van der Waals surface area (Å²) in [6.07, 6.45) is 0. The summed E-state index contributed by atoms with van der Waals surface area (Å²) in [6.45, 7) is 1.83. The molecule has 28 heavy (non-hydrogen) atoms. The molecular formula is C20H18N4O3S. The van der Waals surface area contributed by atoms with Gasteiger partial charge in [0.1, 0.15) is 11.5 Å². The van der Waals surface area contributed by atoms with Gasteiger partial charge in [-0.1, -0.05) is 36.0 Å². The van der Waals surface area contributed by atoms with Crippen molar-refractivity contribution in [3.8, 4) is 11.5 Å². The summed E-state index contributed by atoms with van der Waals surface area (Å²) in [5.41, 5.74) is 8.69. The maximum absolute atomic E-state index is 13.0. The van der Waals surface area contributed by atoms with Crippen molar-refractivity contribution < 1.29 is 14.6 Å². The summed E-state index contributed by atoms with van der Waals surface area (Å²) >= 11 is 1.40. The highest BCUT2D eigenvalue weighted by Crippen LogP contribution is 2.46. The molecule has 1 atom stereocenters. The van der Waals surface area contributed by atoms with Crippen LogP contribution in [0, 0.1) is 6.92 Å². The smallest absolute Gasteiger partial charge is 0.283 e. The van der Waals surface area contributed by atoms with Gasteiger partial charge in [0.15, 0.2) is 11.0 Å². The lowest BCUT2D eigenvalue weighted by Crippen LogP contribution is -2.18. The zero-order valence-electron chi connectivity index (χ0n) is 15.3. The van der Waals surface area contributed by atoms with Crippen molar-refractivity contribution in [2.24, 2.45) is 10.7 Å². The molecule has 3 aromatic rings. The Morgan fingerprint density at radius 2 is 2.04 bits per heavy atom. The number of carbonyl (C=O) groups excluding carboxylic acids is 1. The Morgan fingerprint density at radius 1 is 1.25 bits per heavy atom. The molecule has 0 spiro atoms. The second-order valence-electron chi connectivity index (χ2n) is 6.28. The van der Waals surface area contributed by atoms with Gasteiger partial charge in [-0.25, -0.2) is 4.99 Å². The summed E-state index contributed by atoms with van der Waals surface area (Å²) in [4.78, 5) is 17.4. The van der Waals surface area contributed by atoms with E-state index in [1.165, 1.54) is 22.5 Å². The van der Waals surface area contributed by atoms with Crippen molar-refractivity contribution in [3.05, 3.63) is 70.9 Å². The number of phenols is 1. The van der Waals surface area contributed by atoms with E-state index in [0.717, 1.165) is 16.9 Å². The number of benzene rings is 2. The third-order valence-electron chi connectivity index (χ3n) is 4.52. The summed E-state index contributed by atoms with van der Waals surface area (Å²) in [5.74, 6) is 0.544. The number of aromatic hydroxyl groups is 1. The summed E-state index contributed by atoms with van der Waals surface area (Å²) in [6, 6.07) is 14.0. The third kappa shape index (κ3) is 3.01. The van der Waals surface area contributed by atoms with Gasteiger partial charge < -0.3 is 15.6 Å². The van der Waals surface area contributed by atoms with Crippen molar-refractivity contribution in [1.29, 1.82) is 0 Å². The fraction of sp³-hybridized carbons (Fsp3) is 0.150. The summed E-state index contributed by atoms with van der Waals surface area (Å²) < 4.78 is 6.54. The van der Waals surface area contributed by atoms with Gasteiger partial charge in [-0.05, 0) is 36.8 Å². The highest BCUT2D eigenvalue weighted by molar-refractivity contribution is 8.14. The number of aromatic nitrogens is 2. The largest absolute Gasteiger partial charge is 0.507 e. The SMILES string of the molecule is COc1cccc([C@H]2SC(N)=Nc3c2c(C)nn3C(=O)c2ccccc2O)c1. The lowest BCUT2D eigenvalue weighted by atomic mass is 10.0. The van der Waals surface area contributed by atoms with Gasteiger partial charge in [0, 0.05) is 5.56 Å². The van der Waals surface area contributed by atoms with Gasteiger partial charge in [-0.15, -0.1) is 0 Å². The number of phenolic OH excluding ortho intramolecular Hbond substituents is 1. The molecule has 2 aromatic carbocycles. The van der Waals surface area contributed by atoms with Crippen molar-refractivity contribution in [2.45, 2.75) is 12.2 Å². The number of ether oxygens (including phenoxy) is 1. The topological polar surface area (TPSA) is 103 Å². The average molecular weight is 394 g/mol. The number of rotatable bonds is 3. The third-order valence-corrected chi connectivity index (χ3v) is 5.60. The predicted molar refractivity (Wildman–Crippen MR) is 109 cm³/mol. The Hall–Kier alpha value is -3.26. The fourth-order valence-corrected chi connectivity index (χ4v) is 4.26. The molecule has 0 fully saturated rings. The van der Waals surface area contributed by atoms with E-state index in [-0.39, 0.29) is 16.6 Å². The van der Waals surface area contributed by atoms with E-state index in [2.05, 4.69) is 10.1 Å². The van der Waals surface area contributed by atoms with Crippen LogP contribution in [-0.4, -0.2) is 33.1 Å². The number of nitrogens with zero attached hydrogens (tertiary/aromatic N) is 3. The molecule has 0 radical (unpaired) electrons. The number of hydrogen-bond donors (Lipinski definition) is 2. The number of carbonyl (C=O) groups is 1. The fourth-order valence-electron chi connectivity index (χ4n) is 3.20. The normalized spacial score (nSPS) is 15.6. The minimum Gasteiger partial charge on any atom is -0.507 e. The van der Waals surface area contributed by atoms with Crippen LogP contribution < -0.4 is 10.5 Å². The number of nitrogens with two attached hydrogens (primary N) is 1. The zero-order valence-corrected chi connectivity index (χ0v) is 16.1. The first-order valence-electron chi connectivity index (χ1n) is 8.56. The van der Waals surface area contributed by atoms with Crippen LogP contribution in [0.25, 0.3) is 0 Å². The van der Waals surface area contributed by atoms with Crippen LogP contribution in [-0.2, 0) is 0 Å². The highest BCUT2D eigenvalue weighted by Gasteiger charge is 2.32. The van der Waals surface area contributed by atoms with Gasteiger partial charge in [-0.2, -0.15) is 9.78 Å². The number of methoxy groups -OCH3 is 1. The number of amidine groups is 1. The molecule has 3 N–H and O–H groups in total. The molecule has 1 aliphatic rings. The van der Waals surface area contributed by atoms with Crippen molar-refractivity contribution in [3.63, 3.8) is 0 Å².